The first-order valence-corrected chi connectivity index (χ1v) is 7.81. The van der Waals surface area contributed by atoms with E-state index in [1.807, 2.05) is 0 Å². The Hall–Kier alpha value is -2.05. The summed E-state index contributed by atoms with van der Waals surface area (Å²) in [4.78, 5) is 0.234. The largest absolute Gasteiger partial charge is 0.497 e. The molecule has 0 saturated heterocycles. The van der Waals surface area contributed by atoms with Gasteiger partial charge in [-0.1, -0.05) is 24.3 Å². The molecule has 2 rings (SSSR count). The molecule has 112 valence electrons. The quantitative estimate of drug-likeness (QED) is 0.888. The average Bonchev–Trinajstić information content (AvgIpc) is 2.53. The zero-order valence-electron chi connectivity index (χ0n) is 11.9. The average molecular weight is 307 g/mol. The number of methoxy groups -OCH3 is 2. The highest BCUT2D eigenvalue weighted by atomic mass is 32.2. The third-order valence-corrected chi connectivity index (χ3v) is 4.42. The molecule has 0 unspecified atom stereocenters. The number of ether oxygens (including phenoxy) is 2. The molecule has 5 nitrogen and oxygen atoms in total. The predicted molar refractivity (Wildman–Crippen MR) is 80.0 cm³/mol. The Morgan fingerprint density at radius 2 is 1.71 bits per heavy atom. The zero-order valence-corrected chi connectivity index (χ0v) is 12.7. The normalized spacial score (nSPS) is 11.1. The summed E-state index contributed by atoms with van der Waals surface area (Å²) >= 11 is 0. The minimum atomic E-state index is -3.54. The fraction of sp³-hybridized carbons (Fsp3) is 0.200. The molecule has 0 fully saturated rings. The van der Waals surface area contributed by atoms with Crippen LogP contribution in [0.5, 0.6) is 11.5 Å². The highest BCUT2D eigenvalue weighted by Gasteiger charge is 2.14. The van der Waals surface area contributed by atoms with Crippen molar-refractivity contribution in [1.29, 1.82) is 0 Å². The molecular formula is C15H17NO4S. The molecule has 0 radical (unpaired) electrons. The lowest BCUT2D eigenvalue weighted by atomic mass is 10.2. The van der Waals surface area contributed by atoms with Gasteiger partial charge in [-0.05, 0) is 18.2 Å². The summed E-state index contributed by atoms with van der Waals surface area (Å²) in [6.07, 6.45) is 0. The van der Waals surface area contributed by atoms with Gasteiger partial charge < -0.3 is 9.47 Å². The Morgan fingerprint density at radius 1 is 1.00 bits per heavy atom. The molecule has 0 saturated carbocycles. The molecule has 0 spiro atoms. The van der Waals surface area contributed by atoms with Crippen LogP contribution >= 0.6 is 0 Å². The molecule has 6 heteroatoms. The van der Waals surface area contributed by atoms with E-state index in [1.165, 1.54) is 7.11 Å². The van der Waals surface area contributed by atoms with Gasteiger partial charge in [-0.2, -0.15) is 0 Å². The van der Waals surface area contributed by atoms with Crippen molar-refractivity contribution < 1.29 is 17.9 Å². The second-order valence-electron chi connectivity index (χ2n) is 4.32. The van der Waals surface area contributed by atoms with Crippen LogP contribution in [0.15, 0.2) is 53.4 Å². The molecule has 0 aliphatic rings. The van der Waals surface area contributed by atoms with Gasteiger partial charge in [0.25, 0.3) is 0 Å². The lowest BCUT2D eigenvalue weighted by Crippen LogP contribution is -2.23. The topological polar surface area (TPSA) is 64.6 Å². The monoisotopic (exact) mass is 307 g/mol. The lowest BCUT2D eigenvalue weighted by Gasteiger charge is -2.11. The van der Waals surface area contributed by atoms with E-state index in [9.17, 15) is 8.42 Å². The Bertz CT molecular complexity index is 699. The van der Waals surface area contributed by atoms with E-state index < -0.39 is 10.0 Å². The second-order valence-corrected chi connectivity index (χ2v) is 6.08. The highest BCUT2D eigenvalue weighted by molar-refractivity contribution is 7.89. The molecule has 21 heavy (non-hydrogen) atoms. The molecule has 0 atom stereocenters. The van der Waals surface area contributed by atoms with Crippen LogP contribution < -0.4 is 14.2 Å². The van der Waals surface area contributed by atoms with Crippen LogP contribution in [0.1, 0.15) is 5.56 Å². The Balaban J connectivity index is 2.16. The molecule has 0 aliphatic carbocycles. The summed E-state index contributed by atoms with van der Waals surface area (Å²) in [6.45, 7) is 0.143. The fourth-order valence-corrected chi connectivity index (χ4v) is 2.88. The van der Waals surface area contributed by atoms with E-state index in [1.54, 1.807) is 55.6 Å². The zero-order chi connectivity index (χ0) is 15.3. The fourth-order valence-electron chi connectivity index (χ4n) is 1.85. The Kier molecular flexibility index (Phi) is 4.82. The maximum atomic E-state index is 12.2. The SMILES string of the molecule is COc1ccc(CNS(=O)(=O)c2ccccc2)c(OC)c1. The van der Waals surface area contributed by atoms with Crippen LogP contribution in [-0.2, 0) is 16.6 Å². The van der Waals surface area contributed by atoms with Gasteiger partial charge in [0.2, 0.25) is 10.0 Å². The van der Waals surface area contributed by atoms with Gasteiger partial charge in [0.1, 0.15) is 11.5 Å². The molecular weight excluding hydrogens is 290 g/mol. The van der Waals surface area contributed by atoms with Crippen molar-refractivity contribution in [2.24, 2.45) is 0 Å². The van der Waals surface area contributed by atoms with Crippen molar-refractivity contribution in [1.82, 2.24) is 4.72 Å². The van der Waals surface area contributed by atoms with Gasteiger partial charge in [0.05, 0.1) is 19.1 Å². The third kappa shape index (κ3) is 3.74. The van der Waals surface area contributed by atoms with Gasteiger partial charge in [0, 0.05) is 18.2 Å². The van der Waals surface area contributed by atoms with Gasteiger partial charge in [-0.15, -0.1) is 0 Å². The first-order chi connectivity index (χ1) is 10.1. The van der Waals surface area contributed by atoms with Crippen molar-refractivity contribution in [3.63, 3.8) is 0 Å². The van der Waals surface area contributed by atoms with Crippen LogP contribution in [0.25, 0.3) is 0 Å². The van der Waals surface area contributed by atoms with Crippen molar-refractivity contribution in [2.45, 2.75) is 11.4 Å². The number of benzene rings is 2. The lowest BCUT2D eigenvalue weighted by molar-refractivity contribution is 0.390. The number of nitrogens with one attached hydrogen (secondary N) is 1. The number of sulfonamides is 1. The standard InChI is InChI=1S/C15H17NO4S/c1-19-13-9-8-12(15(10-13)20-2)11-16-21(17,18)14-6-4-3-5-7-14/h3-10,16H,11H2,1-2H3. The smallest absolute Gasteiger partial charge is 0.240 e. The van der Waals surface area contributed by atoms with Gasteiger partial charge >= 0.3 is 0 Å². The van der Waals surface area contributed by atoms with E-state index in [-0.39, 0.29) is 11.4 Å². The molecule has 0 bridgehead atoms. The third-order valence-electron chi connectivity index (χ3n) is 3.00. The number of rotatable bonds is 6. The van der Waals surface area contributed by atoms with Crippen molar-refractivity contribution in [3.8, 4) is 11.5 Å². The first-order valence-electron chi connectivity index (χ1n) is 6.32. The van der Waals surface area contributed by atoms with Crippen LogP contribution in [0.3, 0.4) is 0 Å². The van der Waals surface area contributed by atoms with E-state index in [0.717, 1.165) is 5.56 Å². The van der Waals surface area contributed by atoms with Crippen LogP contribution in [0.4, 0.5) is 0 Å². The van der Waals surface area contributed by atoms with Crippen LogP contribution in [0.2, 0.25) is 0 Å². The predicted octanol–water partition coefficient (Wildman–Crippen LogP) is 2.18. The maximum Gasteiger partial charge on any atom is 0.240 e. The molecule has 0 aromatic heterocycles. The summed E-state index contributed by atoms with van der Waals surface area (Å²) in [5.74, 6) is 1.23. The first kappa shape index (κ1) is 15.3. The van der Waals surface area contributed by atoms with E-state index in [4.69, 9.17) is 9.47 Å². The summed E-state index contributed by atoms with van der Waals surface area (Å²) in [6, 6.07) is 13.5. The minimum Gasteiger partial charge on any atom is -0.497 e. The van der Waals surface area contributed by atoms with Crippen LogP contribution in [-0.4, -0.2) is 22.6 Å². The van der Waals surface area contributed by atoms with E-state index in [0.29, 0.717) is 11.5 Å². The Morgan fingerprint density at radius 3 is 2.33 bits per heavy atom. The highest BCUT2D eigenvalue weighted by Crippen LogP contribution is 2.24. The van der Waals surface area contributed by atoms with Crippen molar-refractivity contribution in [3.05, 3.63) is 54.1 Å². The number of hydrogen-bond acceptors (Lipinski definition) is 4. The van der Waals surface area contributed by atoms with Gasteiger partial charge in [-0.25, -0.2) is 13.1 Å². The maximum absolute atomic E-state index is 12.2. The molecule has 2 aromatic rings. The second kappa shape index (κ2) is 6.60. The Labute approximate surface area is 124 Å². The number of hydrogen-bond donors (Lipinski definition) is 1. The van der Waals surface area contributed by atoms with Crippen molar-refractivity contribution >= 4 is 10.0 Å². The molecule has 0 amide bonds. The van der Waals surface area contributed by atoms with E-state index >= 15 is 0 Å². The molecule has 0 aliphatic heterocycles. The summed E-state index contributed by atoms with van der Waals surface area (Å²) in [5, 5.41) is 0. The summed E-state index contributed by atoms with van der Waals surface area (Å²) in [5.41, 5.74) is 0.734. The van der Waals surface area contributed by atoms with E-state index in [2.05, 4.69) is 4.72 Å². The van der Waals surface area contributed by atoms with Crippen molar-refractivity contribution in [2.75, 3.05) is 14.2 Å². The minimum absolute atomic E-state index is 0.143. The summed E-state index contributed by atoms with van der Waals surface area (Å²) < 4.78 is 37.2. The summed E-state index contributed by atoms with van der Waals surface area (Å²) in [7, 11) is -0.442. The van der Waals surface area contributed by atoms with Gasteiger partial charge in [0.15, 0.2) is 0 Å². The molecule has 2 aromatic carbocycles. The molecule has 0 heterocycles. The van der Waals surface area contributed by atoms with Gasteiger partial charge in [-0.3, -0.25) is 0 Å². The molecule has 1 N–H and O–H groups in total. The van der Waals surface area contributed by atoms with Crippen LogP contribution in [0, 0.1) is 0 Å².